The van der Waals surface area contributed by atoms with E-state index >= 15 is 0 Å². The number of aryl methyl sites for hydroxylation is 1. The molecule has 1 aromatic carbocycles. The van der Waals surface area contributed by atoms with Crippen LogP contribution in [0.25, 0.3) is 22.3 Å². The van der Waals surface area contributed by atoms with Gasteiger partial charge in [0, 0.05) is 25.8 Å². The van der Waals surface area contributed by atoms with Crippen molar-refractivity contribution < 1.29 is 22.7 Å². The quantitative estimate of drug-likeness (QED) is 0.501. The molecule has 176 valence electrons. The Hall–Kier alpha value is -2.98. The van der Waals surface area contributed by atoms with Crippen LogP contribution >= 0.6 is 0 Å². The Morgan fingerprint density at radius 2 is 2.00 bits per heavy atom. The maximum absolute atomic E-state index is 13.2. The summed E-state index contributed by atoms with van der Waals surface area (Å²) >= 11 is 0. The van der Waals surface area contributed by atoms with E-state index < -0.39 is 9.84 Å². The monoisotopic (exact) mass is 472 g/mol. The predicted molar refractivity (Wildman–Crippen MR) is 125 cm³/mol. The molecule has 0 saturated carbocycles. The van der Waals surface area contributed by atoms with Crippen molar-refractivity contribution in [3.8, 4) is 17.0 Å². The first-order valence-corrected chi connectivity index (χ1v) is 12.7. The number of carbonyl (C=O) groups excluding carboxylic acids is 1. The van der Waals surface area contributed by atoms with Crippen molar-refractivity contribution in [2.75, 3.05) is 38.9 Å². The smallest absolute Gasteiger partial charge is 0.252 e. The fourth-order valence-electron chi connectivity index (χ4n) is 4.14. The first-order valence-electron chi connectivity index (χ1n) is 10.8. The van der Waals surface area contributed by atoms with E-state index in [1.165, 1.54) is 0 Å². The molecule has 1 amide bonds. The number of aromatic nitrogens is 3. The molecule has 9 nitrogen and oxygen atoms in total. The van der Waals surface area contributed by atoms with E-state index in [9.17, 15) is 13.2 Å². The predicted octanol–water partition coefficient (Wildman–Crippen LogP) is 2.54. The first-order chi connectivity index (χ1) is 15.8. The molecule has 3 aromatic rings. The highest BCUT2D eigenvalue weighted by atomic mass is 32.2. The summed E-state index contributed by atoms with van der Waals surface area (Å²) in [5, 5.41) is 8.20. The minimum Gasteiger partial charge on any atom is -0.497 e. The van der Waals surface area contributed by atoms with Gasteiger partial charge >= 0.3 is 0 Å². The molecule has 2 aromatic heterocycles. The van der Waals surface area contributed by atoms with Gasteiger partial charge < -0.3 is 14.8 Å². The number of rotatable bonds is 8. The lowest BCUT2D eigenvalue weighted by Crippen LogP contribution is -2.25. The van der Waals surface area contributed by atoms with E-state index in [2.05, 4.69) is 10.4 Å². The van der Waals surface area contributed by atoms with E-state index in [1.807, 2.05) is 31.2 Å². The second kappa shape index (κ2) is 9.48. The van der Waals surface area contributed by atoms with E-state index in [1.54, 1.807) is 25.0 Å². The van der Waals surface area contributed by atoms with E-state index in [0.29, 0.717) is 59.7 Å². The molecule has 0 radical (unpaired) electrons. The topological polar surface area (TPSA) is 112 Å². The van der Waals surface area contributed by atoms with Crippen molar-refractivity contribution >= 4 is 26.8 Å². The molecule has 4 rings (SSSR count). The van der Waals surface area contributed by atoms with Gasteiger partial charge in [-0.15, -0.1) is 0 Å². The Bertz CT molecular complexity index is 1270. The molecule has 0 unspecified atom stereocenters. The van der Waals surface area contributed by atoms with Crippen LogP contribution in [0.5, 0.6) is 5.75 Å². The van der Waals surface area contributed by atoms with Crippen LogP contribution in [0.3, 0.4) is 0 Å². The molecule has 1 saturated heterocycles. The Kier molecular flexibility index (Phi) is 6.66. The Morgan fingerprint density at radius 1 is 1.24 bits per heavy atom. The molecule has 1 N–H and O–H groups in total. The maximum Gasteiger partial charge on any atom is 0.252 e. The number of methoxy groups -OCH3 is 2. The van der Waals surface area contributed by atoms with Gasteiger partial charge in [-0.3, -0.25) is 4.79 Å². The summed E-state index contributed by atoms with van der Waals surface area (Å²) in [6.07, 6.45) is 1.17. The van der Waals surface area contributed by atoms with Gasteiger partial charge in [0.1, 0.15) is 5.75 Å². The molecule has 0 spiro atoms. The summed E-state index contributed by atoms with van der Waals surface area (Å²) in [5.41, 5.74) is 3.05. The third kappa shape index (κ3) is 4.86. The van der Waals surface area contributed by atoms with Crippen molar-refractivity contribution in [1.29, 1.82) is 0 Å². The van der Waals surface area contributed by atoms with Crippen molar-refractivity contribution in [3.05, 3.63) is 41.6 Å². The second-order valence-corrected chi connectivity index (χ2v) is 10.4. The first kappa shape index (κ1) is 23.2. The summed E-state index contributed by atoms with van der Waals surface area (Å²) in [6.45, 7) is 2.84. The van der Waals surface area contributed by atoms with E-state index in [-0.39, 0.29) is 23.5 Å². The van der Waals surface area contributed by atoms with Crippen molar-refractivity contribution in [1.82, 2.24) is 20.1 Å². The van der Waals surface area contributed by atoms with Crippen LogP contribution in [0, 0.1) is 6.92 Å². The average molecular weight is 473 g/mol. The number of hydrogen-bond acceptors (Lipinski definition) is 7. The maximum atomic E-state index is 13.2. The number of pyridine rings is 1. The van der Waals surface area contributed by atoms with Gasteiger partial charge in [0.15, 0.2) is 15.5 Å². The minimum atomic E-state index is -3.11. The van der Waals surface area contributed by atoms with Crippen molar-refractivity contribution in [3.63, 3.8) is 0 Å². The largest absolute Gasteiger partial charge is 0.497 e. The van der Waals surface area contributed by atoms with Gasteiger partial charge in [0.25, 0.3) is 5.91 Å². The highest BCUT2D eigenvalue weighted by Gasteiger charge is 2.32. The van der Waals surface area contributed by atoms with Gasteiger partial charge in [0.05, 0.1) is 47.0 Å². The molecule has 10 heteroatoms. The number of amides is 1. The van der Waals surface area contributed by atoms with Crippen LogP contribution in [-0.2, 0) is 14.6 Å². The van der Waals surface area contributed by atoms with Gasteiger partial charge in [-0.2, -0.15) is 5.10 Å². The summed E-state index contributed by atoms with van der Waals surface area (Å²) < 4.78 is 36.2. The number of carbonyl (C=O) groups is 1. The van der Waals surface area contributed by atoms with E-state index in [4.69, 9.17) is 14.5 Å². The highest BCUT2D eigenvalue weighted by molar-refractivity contribution is 7.91. The number of nitrogens with zero attached hydrogens (tertiary/aromatic N) is 3. The zero-order valence-electron chi connectivity index (χ0n) is 19.0. The van der Waals surface area contributed by atoms with Gasteiger partial charge in [-0.25, -0.2) is 18.1 Å². The molecule has 1 aliphatic rings. The third-order valence-electron chi connectivity index (χ3n) is 5.83. The van der Waals surface area contributed by atoms with Crippen molar-refractivity contribution in [2.45, 2.75) is 25.8 Å². The highest BCUT2D eigenvalue weighted by Crippen LogP contribution is 2.32. The number of fused-ring (bicyclic) bond motifs is 1. The normalized spacial score (nSPS) is 17.4. The van der Waals surface area contributed by atoms with Crippen LogP contribution in [-0.4, -0.2) is 68.0 Å². The molecule has 0 bridgehead atoms. The van der Waals surface area contributed by atoms with Crippen molar-refractivity contribution in [2.24, 2.45) is 0 Å². The Morgan fingerprint density at radius 3 is 2.64 bits per heavy atom. The van der Waals surface area contributed by atoms with Gasteiger partial charge in [-0.1, -0.05) is 0 Å². The molecule has 33 heavy (non-hydrogen) atoms. The molecule has 1 atom stereocenters. The third-order valence-corrected chi connectivity index (χ3v) is 7.58. The lowest BCUT2D eigenvalue weighted by atomic mass is 10.0. The number of ether oxygens (including phenoxy) is 2. The van der Waals surface area contributed by atoms with Crippen LogP contribution in [0.15, 0.2) is 30.3 Å². The zero-order valence-corrected chi connectivity index (χ0v) is 19.8. The SMILES string of the molecule is COCCCNC(=O)c1cc(-c2ccc(OC)cc2)nc2c1c(C)nn2[C@H]1CCS(=O)(=O)C1. The molecular formula is C23H28N4O5S. The molecule has 1 aliphatic heterocycles. The summed E-state index contributed by atoms with van der Waals surface area (Å²) in [4.78, 5) is 18.0. The van der Waals surface area contributed by atoms with Crippen LogP contribution in [0.2, 0.25) is 0 Å². The fourth-order valence-corrected chi connectivity index (χ4v) is 5.83. The van der Waals surface area contributed by atoms with Gasteiger partial charge in [0.2, 0.25) is 0 Å². The summed E-state index contributed by atoms with van der Waals surface area (Å²) in [7, 11) is 0.110. The molecule has 0 aliphatic carbocycles. The number of sulfone groups is 1. The number of benzene rings is 1. The molecule has 1 fully saturated rings. The number of nitrogens with one attached hydrogen (secondary N) is 1. The van der Waals surface area contributed by atoms with Crippen LogP contribution in [0.4, 0.5) is 0 Å². The average Bonchev–Trinajstić information content (AvgIpc) is 3.34. The Balaban J connectivity index is 1.82. The van der Waals surface area contributed by atoms with Crippen LogP contribution in [0.1, 0.15) is 34.9 Å². The zero-order chi connectivity index (χ0) is 23.6. The van der Waals surface area contributed by atoms with E-state index in [0.717, 1.165) is 5.56 Å². The fraction of sp³-hybridized carbons (Fsp3) is 0.435. The minimum absolute atomic E-state index is 0.0240. The Labute approximate surface area is 193 Å². The lowest BCUT2D eigenvalue weighted by Gasteiger charge is -2.12. The molecule has 3 heterocycles. The standard InChI is InChI=1S/C23H28N4O5S/c1-15-21-19(23(28)24-10-4-11-31-2)13-20(16-5-7-18(32-3)8-6-16)25-22(21)27(26-15)17-9-12-33(29,30)14-17/h5-8,13,17H,4,9-12,14H2,1-3H3,(H,24,28)/t17-/m0/s1. The molecular weight excluding hydrogens is 444 g/mol. The van der Waals surface area contributed by atoms with Gasteiger partial charge in [-0.05, 0) is 50.1 Å². The lowest BCUT2D eigenvalue weighted by molar-refractivity contribution is 0.0950. The van der Waals surface area contributed by atoms with Crippen LogP contribution < -0.4 is 10.1 Å². The number of hydrogen-bond donors (Lipinski definition) is 1. The second-order valence-electron chi connectivity index (χ2n) is 8.17. The summed E-state index contributed by atoms with van der Waals surface area (Å²) in [5.74, 6) is 0.641. The summed E-state index contributed by atoms with van der Waals surface area (Å²) in [6, 6.07) is 8.87.